The second-order valence-corrected chi connectivity index (χ2v) is 7.49. The summed E-state index contributed by atoms with van der Waals surface area (Å²) in [5.41, 5.74) is 2.97. The highest BCUT2D eigenvalue weighted by atomic mass is 16.5. The molecule has 1 saturated carbocycles. The zero-order valence-electron chi connectivity index (χ0n) is 15.0. The predicted molar refractivity (Wildman–Crippen MR) is 99.9 cm³/mol. The summed E-state index contributed by atoms with van der Waals surface area (Å²) in [5.74, 6) is 2.03. The van der Waals surface area contributed by atoms with Crippen molar-refractivity contribution < 1.29 is 9.32 Å². The average Bonchev–Trinajstić information content (AvgIpc) is 3.29. The van der Waals surface area contributed by atoms with Crippen LogP contribution in [-0.2, 0) is 19.4 Å². The van der Waals surface area contributed by atoms with Gasteiger partial charge in [-0.3, -0.25) is 4.79 Å². The van der Waals surface area contributed by atoms with Crippen molar-refractivity contribution in [2.24, 2.45) is 5.92 Å². The van der Waals surface area contributed by atoms with Gasteiger partial charge in [-0.1, -0.05) is 53.7 Å². The van der Waals surface area contributed by atoms with Gasteiger partial charge in [0.25, 0.3) is 5.91 Å². The van der Waals surface area contributed by atoms with E-state index in [1.807, 2.05) is 47.4 Å². The van der Waals surface area contributed by atoms with E-state index in [2.05, 4.69) is 22.3 Å². The highest BCUT2D eigenvalue weighted by Crippen LogP contribution is 2.35. The number of rotatable bonds is 6. The Morgan fingerprint density at radius 1 is 1.07 bits per heavy atom. The van der Waals surface area contributed by atoms with E-state index in [4.69, 9.17) is 4.52 Å². The van der Waals surface area contributed by atoms with Crippen LogP contribution in [0.25, 0.3) is 0 Å². The first-order chi connectivity index (χ1) is 13.3. The van der Waals surface area contributed by atoms with Crippen LogP contribution in [0.3, 0.4) is 0 Å². The lowest BCUT2D eigenvalue weighted by atomic mass is 10.0. The number of benzene rings is 2. The first kappa shape index (κ1) is 16.2. The van der Waals surface area contributed by atoms with Crippen molar-refractivity contribution in [3.05, 3.63) is 83.0 Å². The van der Waals surface area contributed by atoms with Crippen molar-refractivity contribution in [1.29, 1.82) is 0 Å². The molecule has 2 heterocycles. The van der Waals surface area contributed by atoms with Gasteiger partial charge in [-0.2, -0.15) is 4.98 Å². The van der Waals surface area contributed by atoms with Gasteiger partial charge in [0.2, 0.25) is 5.89 Å². The molecule has 2 aromatic carbocycles. The van der Waals surface area contributed by atoms with Crippen LogP contribution in [0, 0.1) is 5.92 Å². The molecule has 0 spiro atoms. The number of carbonyl (C=O) groups excluding carboxylic acids is 1. The highest BCUT2D eigenvalue weighted by Gasteiger charge is 2.36. The fourth-order valence-corrected chi connectivity index (χ4v) is 3.76. The maximum atomic E-state index is 13.0. The molecule has 1 aromatic heterocycles. The Bertz CT molecular complexity index is 962. The van der Waals surface area contributed by atoms with Crippen LogP contribution in [0.2, 0.25) is 0 Å². The number of carbonyl (C=O) groups is 1. The minimum Gasteiger partial charge on any atom is -0.337 e. The number of hydrogen-bond donors (Lipinski definition) is 0. The molecular formula is C22H21N3O2. The Labute approximate surface area is 158 Å². The third-order valence-corrected chi connectivity index (χ3v) is 5.43. The Kier molecular flexibility index (Phi) is 4.00. The molecule has 1 unspecified atom stereocenters. The fraction of sp³-hybridized carbons (Fsp3) is 0.318. The second-order valence-electron chi connectivity index (χ2n) is 7.49. The van der Waals surface area contributed by atoms with Gasteiger partial charge < -0.3 is 9.42 Å². The van der Waals surface area contributed by atoms with Crippen LogP contribution in [-0.4, -0.2) is 20.9 Å². The smallest absolute Gasteiger partial charge is 0.255 e. The lowest BCUT2D eigenvalue weighted by molar-refractivity contribution is 0.0663. The molecule has 5 rings (SSSR count). The Morgan fingerprint density at radius 2 is 1.85 bits per heavy atom. The molecule has 0 radical (unpaired) electrons. The minimum absolute atomic E-state index is 0.0356. The van der Waals surface area contributed by atoms with Gasteiger partial charge in [0.05, 0.1) is 0 Å². The summed E-state index contributed by atoms with van der Waals surface area (Å²) in [6.07, 6.45) is 4.02. The fourth-order valence-electron chi connectivity index (χ4n) is 3.76. The van der Waals surface area contributed by atoms with E-state index in [9.17, 15) is 4.79 Å². The van der Waals surface area contributed by atoms with E-state index in [1.54, 1.807) is 0 Å². The molecule has 1 aliphatic carbocycles. The number of fused-ring (bicyclic) bond motifs is 1. The van der Waals surface area contributed by atoms with Crippen molar-refractivity contribution in [2.75, 3.05) is 0 Å². The van der Waals surface area contributed by atoms with Crippen LogP contribution in [0.5, 0.6) is 0 Å². The summed E-state index contributed by atoms with van der Waals surface area (Å²) in [6.45, 7) is 0.576. The topological polar surface area (TPSA) is 59.2 Å². The van der Waals surface area contributed by atoms with Crippen molar-refractivity contribution in [2.45, 2.75) is 38.3 Å². The number of hydrogen-bond acceptors (Lipinski definition) is 4. The Balaban J connectivity index is 1.47. The minimum atomic E-state index is -0.257. The van der Waals surface area contributed by atoms with E-state index in [-0.39, 0.29) is 11.9 Å². The number of nitrogens with zero attached hydrogens (tertiary/aromatic N) is 3. The van der Waals surface area contributed by atoms with Crippen LogP contribution in [0.15, 0.2) is 59.1 Å². The van der Waals surface area contributed by atoms with Gasteiger partial charge >= 0.3 is 0 Å². The summed E-state index contributed by atoms with van der Waals surface area (Å²) in [7, 11) is 0. The summed E-state index contributed by atoms with van der Waals surface area (Å²) < 4.78 is 5.63. The molecule has 0 bridgehead atoms. The van der Waals surface area contributed by atoms with E-state index in [1.165, 1.54) is 12.8 Å². The van der Waals surface area contributed by atoms with E-state index in [0.29, 0.717) is 24.8 Å². The molecule has 0 N–H and O–H groups in total. The third-order valence-electron chi connectivity index (χ3n) is 5.43. The first-order valence-electron chi connectivity index (χ1n) is 9.53. The van der Waals surface area contributed by atoms with Crippen molar-refractivity contribution in [3.8, 4) is 0 Å². The van der Waals surface area contributed by atoms with Crippen LogP contribution < -0.4 is 0 Å². The van der Waals surface area contributed by atoms with Crippen LogP contribution in [0.4, 0.5) is 0 Å². The zero-order chi connectivity index (χ0) is 18.2. The number of amides is 1. The molecule has 27 heavy (non-hydrogen) atoms. The molecule has 1 fully saturated rings. The quantitative estimate of drug-likeness (QED) is 0.668. The van der Waals surface area contributed by atoms with E-state index in [0.717, 1.165) is 28.9 Å². The van der Waals surface area contributed by atoms with E-state index >= 15 is 0 Å². The second kappa shape index (κ2) is 6.65. The molecule has 1 amide bonds. The maximum absolute atomic E-state index is 13.0. The highest BCUT2D eigenvalue weighted by molar-refractivity contribution is 5.98. The summed E-state index contributed by atoms with van der Waals surface area (Å²) in [4.78, 5) is 19.6. The maximum Gasteiger partial charge on any atom is 0.255 e. The first-order valence-corrected chi connectivity index (χ1v) is 9.53. The number of aromatic nitrogens is 2. The van der Waals surface area contributed by atoms with Gasteiger partial charge in [-0.05, 0) is 36.0 Å². The van der Waals surface area contributed by atoms with Gasteiger partial charge in [0.1, 0.15) is 6.04 Å². The third kappa shape index (κ3) is 3.25. The summed E-state index contributed by atoms with van der Waals surface area (Å²) >= 11 is 0. The summed E-state index contributed by atoms with van der Waals surface area (Å²) in [5, 5.41) is 4.18. The lowest BCUT2D eigenvalue weighted by Crippen LogP contribution is -2.31. The monoisotopic (exact) mass is 359 g/mol. The van der Waals surface area contributed by atoms with Crippen LogP contribution >= 0.6 is 0 Å². The standard InChI is InChI=1S/C22H21N3O2/c26-22-18-9-5-4-8-17(18)14-25(22)19(12-15-6-2-1-3-7-15)21-23-20(24-27-21)13-16-10-11-16/h1-9,16,19H,10-14H2. The van der Waals surface area contributed by atoms with Gasteiger partial charge in [-0.25, -0.2) is 0 Å². The zero-order valence-corrected chi connectivity index (χ0v) is 15.0. The SMILES string of the molecule is O=C1c2ccccc2CN1C(Cc1ccccc1)c1nc(CC2CC2)no1. The van der Waals surface area contributed by atoms with Gasteiger partial charge in [0, 0.05) is 24.9 Å². The molecule has 0 saturated heterocycles. The van der Waals surface area contributed by atoms with Crippen molar-refractivity contribution >= 4 is 5.91 Å². The molecule has 1 atom stereocenters. The van der Waals surface area contributed by atoms with Crippen molar-refractivity contribution in [3.63, 3.8) is 0 Å². The van der Waals surface area contributed by atoms with Crippen LogP contribution in [0.1, 0.15) is 52.1 Å². The van der Waals surface area contributed by atoms with Crippen molar-refractivity contribution in [1.82, 2.24) is 15.0 Å². The normalized spacial score (nSPS) is 17.2. The summed E-state index contributed by atoms with van der Waals surface area (Å²) in [6, 6.07) is 17.7. The molecule has 136 valence electrons. The van der Waals surface area contributed by atoms with E-state index < -0.39 is 0 Å². The predicted octanol–water partition coefficient (Wildman–Crippen LogP) is 3.96. The molecule has 5 nitrogen and oxygen atoms in total. The Hall–Kier alpha value is -2.95. The van der Waals surface area contributed by atoms with Gasteiger partial charge in [-0.15, -0.1) is 0 Å². The average molecular weight is 359 g/mol. The molecule has 5 heteroatoms. The molecule has 2 aliphatic rings. The molecular weight excluding hydrogens is 338 g/mol. The largest absolute Gasteiger partial charge is 0.337 e. The lowest BCUT2D eigenvalue weighted by Gasteiger charge is -2.25. The van der Waals surface area contributed by atoms with Gasteiger partial charge in [0.15, 0.2) is 5.82 Å². The molecule has 1 aliphatic heterocycles. The molecule has 3 aromatic rings. The Morgan fingerprint density at radius 3 is 2.63 bits per heavy atom.